The van der Waals surface area contributed by atoms with E-state index in [1.165, 1.54) is 6.33 Å². The molecule has 10 heteroatoms. The van der Waals surface area contributed by atoms with Crippen molar-refractivity contribution in [1.29, 1.82) is 0 Å². The van der Waals surface area contributed by atoms with Crippen molar-refractivity contribution in [3.8, 4) is 5.75 Å². The van der Waals surface area contributed by atoms with Crippen LogP contribution >= 0.6 is 23.2 Å². The third kappa shape index (κ3) is 3.47. The first-order chi connectivity index (χ1) is 13.9. The second-order valence-electron chi connectivity index (χ2n) is 7.02. The van der Waals surface area contributed by atoms with Crippen molar-refractivity contribution < 1.29 is 9.53 Å². The van der Waals surface area contributed by atoms with Crippen LogP contribution in [0, 0.1) is 0 Å². The zero-order valence-corrected chi connectivity index (χ0v) is 17.7. The number of nitrogens with one attached hydrogen (secondary N) is 2. The van der Waals surface area contributed by atoms with Gasteiger partial charge in [0.25, 0.3) is 0 Å². The highest BCUT2D eigenvalue weighted by atomic mass is 35.5. The number of methoxy groups -OCH3 is 1. The minimum Gasteiger partial charge on any atom is -0.496 e. The molecule has 0 saturated carbocycles. The summed E-state index contributed by atoms with van der Waals surface area (Å²) >= 11 is 13.0. The number of amides is 1. The Kier molecular flexibility index (Phi) is 5.23. The summed E-state index contributed by atoms with van der Waals surface area (Å²) in [5.41, 5.74) is 2.98. The molecule has 4 rings (SSSR count). The highest BCUT2D eigenvalue weighted by molar-refractivity contribution is 6.42. The van der Waals surface area contributed by atoms with Crippen molar-refractivity contribution in [3.63, 3.8) is 0 Å². The van der Waals surface area contributed by atoms with Crippen LogP contribution in [0.25, 0.3) is 11.2 Å². The highest BCUT2D eigenvalue weighted by Gasteiger charge is 2.35. The Hall–Kier alpha value is -2.58. The molecule has 1 aromatic carbocycles. The van der Waals surface area contributed by atoms with E-state index in [4.69, 9.17) is 27.9 Å². The number of benzene rings is 1. The molecule has 8 nitrogen and oxygen atoms in total. The maximum absolute atomic E-state index is 11.6. The number of carbonyl (C=O) groups is 1. The largest absolute Gasteiger partial charge is 0.496 e. The normalized spacial score (nSPS) is 15.3. The van der Waals surface area contributed by atoms with Gasteiger partial charge in [-0.15, -0.1) is 0 Å². The summed E-state index contributed by atoms with van der Waals surface area (Å²) in [6.07, 6.45) is 3.03. The average molecular weight is 435 g/mol. The molecule has 1 amide bonds. The maximum atomic E-state index is 11.6. The molecule has 1 fully saturated rings. The van der Waals surface area contributed by atoms with E-state index < -0.39 is 0 Å². The lowest BCUT2D eigenvalue weighted by atomic mass is 9.88. The number of hydrogen-bond acceptors (Lipinski definition) is 6. The number of nitrogens with zero attached hydrogens (tertiary/aromatic N) is 4. The van der Waals surface area contributed by atoms with Crippen LogP contribution in [0.1, 0.15) is 36.9 Å². The quantitative estimate of drug-likeness (QED) is 0.633. The smallest absolute Gasteiger partial charge is 0.219 e. The number of halogens is 2. The molecule has 1 saturated heterocycles. The number of carbonyl (C=O) groups excluding carboxylic acids is 1. The maximum Gasteiger partial charge on any atom is 0.219 e. The van der Waals surface area contributed by atoms with Gasteiger partial charge >= 0.3 is 0 Å². The molecule has 2 N–H and O–H groups in total. The van der Waals surface area contributed by atoms with Gasteiger partial charge in [-0.2, -0.15) is 0 Å². The molecule has 0 aliphatic carbocycles. The van der Waals surface area contributed by atoms with Crippen LogP contribution in [-0.2, 0) is 4.79 Å². The minimum atomic E-state index is -0.191. The van der Waals surface area contributed by atoms with Crippen molar-refractivity contribution in [2.75, 3.05) is 25.5 Å². The number of rotatable bonds is 5. The number of ether oxygens (including phenoxy) is 1. The molecule has 1 aliphatic rings. The van der Waals surface area contributed by atoms with E-state index >= 15 is 0 Å². The number of aromatic nitrogens is 4. The van der Waals surface area contributed by atoms with Gasteiger partial charge in [0.2, 0.25) is 5.91 Å². The van der Waals surface area contributed by atoms with Gasteiger partial charge in [0.05, 0.1) is 29.5 Å². The zero-order chi connectivity index (χ0) is 20.7. The zero-order valence-electron chi connectivity index (χ0n) is 16.2. The number of hydrogen-bond donors (Lipinski definition) is 2. The van der Waals surface area contributed by atoms with E-state index in [1.807, 2.05) is 6.92 Å². The van der Waals surface area contributed by atoms with Crippen molar-refractivity contribution in [3.05, 3.63) is 39.9 Å². The predicted octanol–water partition coefficient (Wildman–Crippen LogP) is 3.79. The Bertz CT molecular complexity index is 1080. The number of fused-ring (bicyclic) bond motifs is 1. The second-order valence-corrected chi connectivity index (χ2v) is 7.80. The molecule has 0 radical (unpaired) electrons. The first-order valence-electron chi connectivity index (χ1n) is 9.12. The molecule has 3 heterocycles. The predicted molar refractivity (Wildman–Crippen MR) is 112 cm³/mol. The van der Waals surface area contributed by atoms with Gasteiger partial charge in [0.1, 0.15) is 17.6 Å². The minimum absolute atomic E-state index is 0.0426. The van der Waals surface area contributed by atoms with Crippen molar-refractivity contribution in [1.82, 2.24) is 24.8 Å². The summed E-state index contributed by atoms with van der Waals surface area (Å²) in [7, 11) is 1.61. The van der Waals surface area contributed by atoms with Crippen LogP contribution in [0.2, 0.25) is 10.0 Å². The SMILES string of the molecule is COc1c(C(C)Nc2ncnc3nc[nH]c23)cc(Cl)c(Cl)c1C1CN(C(C)=O)C1. The fourth-order valence-electron chi connectivity index (χ4n) is 3.64. The van der Waals surface area contributed by atoms with E-state index in [1.54, 1.807) is 31.3 Å². The van der Waals surface area contributed by atoms with Crippen molar-refractivity contribution >= 4 is 46.1 Å². The van der Waals surface area contributed by atoms with Crippen LogP contribution in [0.15, 0.2) is 18.7 Å². The standard InChI is InChI=1S/C19H20Cl2N6O2/c1-9(26-19-16-18(23-7-22-16)24-8-25-19)12-4-13(20)15(21)14(17(12)29-3)11-5-27(6-11)10(2)28/h4,7-9,11H,5-6H2,1-3H3,(H2,22,23,24,25,26). The summed E-state index contributed by atoms with van der Waals surface area (Å²) in [6.45, 7) is 4.72. The van der Waals surface area contributed by atoms with Crippen LogP contribution in [0.3, 0.4) is 0 Å². The fraction of sp³-hybridized carbons (Fsp3) is 0.368. The summed E-state index contributed by atoms with van der Waals surface area (Å²) in [6, 6.07) is 1.61. The van der Waals surface area contributed by atoms with Crippen LogP contribution in [0.5, 0.6) is 5.75 Å². The molecule has 2 aromatic heterocycles. The van der Waals surface area contributed by atoms with Gasteiger partial charge in [-0.25, -0.2) is 15.0 Å². The van der Waals surface area contributed by atoms with E-state index in [0.717, 1.165) is 16.6 Å². The van der Waals surface area contributed by atoms with Crippen LogP contribution in [0.4, 0.5) is 5.82 Å². The molecular formula is C19H20Cl2N6O2. The lowest BCUT2D eigenvalue weighted by molar-refractivity contribution is -0.133. The fourth-order valence-corrected chi connectivity index (χ4v) is 4.15. The summed E-state index contributed by atoms with van der Waals surface area (Å²) in [5.74, 6) is 1.41. The van der Waals surface area contributed by atoms with Crippen LogP contribution < -0.4 is 10.1 Å². The molecule has 1 atom stereocenters. The number of aromatic amines is 1. The van der Waals surface area contributed by atoms with Gasteiger partial charge in [-0.05, 0) is 13.0 Å². The number of imidazole rings is 1. The topological polar surface area (TPSA) is 96.0 Å². The summed E-state index contributed by atoms with van der Waals surface area (Å²) in [4.78, 5) is 29.0. The Morgan fingerprint density at radius 2 is 2.10 bits per heavy atom. The van der Waals surface area contributed by atoms with Gasteiger partial charge in [-0.1, -0.05) is 23.2 Å². The highest BCUT2D eigenvalue weighted by Crippen LogP contribution is 2.46. The lowest BCUT2D eigenvalue weighted by Crippen LogP contribution is -2.47. The molecular weight excluding hydrogens is 415 g/mol. The van der Waals surface area contributed by atoms with E-state index in [2.05, 4.69) is 25.3 Å². The molecule has 1 unspecified atom stereocenters. The summed E-state index contributed by atoms with van der Waals surface area (Å²) in [5, 5.41) is 4.28. The Labute approximate surface area is 177 Å². The van der Waals surface area contributed by atoms with E-state index in [-0.39, 0.29) is 17.9 Å². The molecule has 0 spiro atoms. The van der Waals surface area contributed by atoms with E-state index in [0.29, 0.717) is 40.3 Å². The Balaban J connectivity index is 1.70. The van der Waals surface area contributed by atoms with Crippen LogP contribution in [-0.4, -0.2) is 50.9 Å². The number of likely N-dealkylation sites (tertiary alicyclic amines) is 1. The third-order valence-electron chi connectivity index (χ3n) is 5.22. The van der Waals surface area contributed by atoms with Gasteiger partial charge in [-0.3, -0.25) is 4.79 Å². The number of anilines is 1. The summed E-state index contributed by atoms with van der Waals surface area (Å²) < 4.78 is 5.76. The Morgan fingerprint density at radius 1 is 1.34 bits per heavy atom. The van der Waals surface area contributed by atoms with Gasteiger partial charge in [0, 0.05) is 37.1 Å². The molecule has 3 aromatic rings. The molecule has 1 aliphatic heterocycles. The second kappa shape index (κ2) is 7.68. The van der Waals surface area contributed by atoms with Crippen molar-refractivity contribution in [2.24, 2.45) is 0 Å². The Morgan fingerprint density at radius 3 is 2.79 bits per heavy atom. The van der Waals surface area contributed by atoms with Gasteiger partial charge < -0.3 is 19.9 Å². The van der Waals surface area contributed by atoms with E-state index in [9.17, 15) is 4.79 Å². The number of H-pyrrole nitrogens is 1. The third-order valence-corrected chi connectivity index (χ3v) is 6.02. The van der Waals surface area contributed by atoms with Crippen molar-refractivity contribution in [2.45, 2.75) is 25.8 Å². The van der Waals surface area contributed by atoms with Gasteiger partial charge in [0.15, 0.2) is 11.5 Å². The lowest BCUT2D eigenvalue weighted by Gasteiger charge is -2.40. The molecule has 152 valence electrons. The average Bonchev–Trinajstić information content (AvgIpc) is 3.13. The molecule has 0 bridgehead atoms. The first-order valence-corrected chi connectivity index (χ1v) is 9.88. The monoisotopic (exact) mass is 434 g/mol. The first kappa shape index (κ1) is 19.7. The molecule has 29 heavy (non-hydrogen) atoms.